The van der Waals surface area contributed by atoms with Crippen molar-refractivity contribution in [3.8, 4) is 0 Å². The highest BCUT2D eigenvalue weighted by Crippen LogP contribution is 1.97. The Balaban J connectivity index is 2.26. The standard InChI is InChI=1S/C9H11ClN2O3/c10-3-4-11-8(13)9(14)12-6-7-2-1-5-15-7/h1-2,5H,3-4,6H2,(H,11,13)(H,12,14). The van der Waals surface area contributed by atoms with Crippen LogP contribution in [0.15, 0.2) is 22.8 Å². The Kier molecular flexibility index (Phi) is 4.70. The van der Waals surface area contributed by atoms with Crippen molar-refractivity contribution in [3.63, 3.8) is 0 Å². The van der Waals surface area contributed by atoms with Gasteiger partial charge in [0.05, 0.1) is 12.8 Å². The molecule has 0 atom stereocenters. The van der Waals surface area contributed by atoms with Gasteiger partial charge in [-0.25, -0.2) is 0 Å². The molecule has 0 aromatic carbocycles. The first-order valence-electron chi connectivity index (χ1n) is 4.38. The lowest BCUT2D eigenvalue weighted by molar-refractivity contribution is -0.139. The van der Waals surface area contributed by atoms with Crippen molar-refractivity contribution in [2.45, 2.75) is 6.54 Å². The van der Waals surface area contributed by atoms with Gasteiger partial charge in [-0.05, 0) is 12.1 Å². The molecular formula is C9H11ClN2O3. The van der Waals surface area contributed by atoms with E-state index in [4.69, 9.17) is 16.0 Å². The highest BCUT2D eigenvalue weighted by Gasteiger charge is 2.12. The number of amides is 2. The summed E-state index contributed by atoms with van der Waals surface area (Å²) < 4.78 is 4.98. The van der Waals surface area contributed by atoms with Gasteiger partial charge in [0, 0.05) is 12.4 Å². The number of hydrogen-bond donors (Lipinski definition) is 2. The van der Waals surface area contributed by atoms with Crippen LogP contribution in [0, 0.1) is 0 Å². The molecule has 5 nitrogen and oxygen atoms in total. The van der Waals surface area contributed by atoms with Crippen LogP contribution in [-0.4, -0.2) is 24.2 Å². The third-order valence-electron chi connectivity index (χ3n) is 1.59. The molecule has 0 aliphatic rings. The zero-order valence-electron chi connectivity index (χ0n) is 7.96. The Morgan fingerprint density at radius 1 is 1.33 bits per heavy atom. The molecule has 82 valence electrons. The molecule has 0 saturated carbocycles. The Bertz CT molecular complexity index is 324. The number of alkyl halides is 1. The van der Waals surface area contributed by atoms with Crippen LogP contribution in [0.3, 0.4) is 0 Å². The summed E-state index contributed by atoms with van der Waals surface area (Å²) >= 11 is 5.35. The van der Waals surface area contributed by atoms with E-state index in [2.05, 4.69) is 10.6 Å². The van der Waals surface area contributed by atoms with Crippen LogP contribution < -0.4 is 10.6 Å². The van der Waals surface area contributed by atoms with Gasteiger partial charge in [-0.1, -0.05) is 0 Å². The predicted molar refractivity (Wildman–Crippen MR) is 54.3 cm³/mol. The molecule has 0 aliphatic heterocycles. The number of carbonyl (C=O) groups excluding carboxylic acids is 2. The van der Waals surface area contributed by atoms with Crippen molar-refractivity contribution in [1.29, 1.82) is 0 Å². The second-order valence-corrected chi connectivity index (χ2v) is 3.08. The molecule has 0 spiro atoms. The van der Waals surface area contributed by atoms with E-state index in [1.807, 2.05) is 0 Å². The number of halogens is 1. The maximum Gasteiger partial charge on any atom is 0.309 e. The van der Waals surface area contributed by atoms with Crippen molar-refractivity contribution in [1.82, 2.24) is 10.6 Å². The Morgan fingerprint density at radius 2 is 2.07 bits per heavy atom. The van der Waals surface area contributed by atoms with E-state index in [0.717, 1.165) is 0 Å². The molecule has 6 heteroatoms. The minimum absolute atomic E-state index is 0.195. The first-order valence-corrected chi connectivity index (χ1v) is 4.92. The molecule has 0 fully saturated rings. The Labute approximate surface area is 91.8 Å². The summed E-state index contributed by atoms with van der Waals surface area (Å²) in [5, 5.41) is 4.75. The van der Waals surface area contributed by atoms with Gasteiger partial charge < -0.3 is 15.1 Å². The van der Waals surface area contributed by atoms with Crippen LogP contribution in [-0.2, 0) is 16.1 Å². The second kappa shape index (κ2) is 6.08. The molecule has 1 aromatic heterocycles. The number of rotatable bonds is 4. The average molecular weight is 231 g/mol. The summed E-state index contributed by atoms with van der Waals surface area (Å²) in [5.41, 5.74) is 0. The van der Waals surface area contributed by atoms with Crippen LogP contribution >= 0.6 is 11.6 Å². The zero-order valence-corrected chi connectivity index (χ0v) is 8.71. The topological polar surface area (TPSA) is 71.3 Å². The van der Waals surface area contributed by atoms with Crippen molar-refractivity contribution in [2.75, 3.05) is 12.4 Å². The molecule has 1 heterocycles. The quantitative estimate of drug-likeness (QED) is 0.575. The summed E-state index contributed by atoms with van der Waals surface area (Å²) in [4.78, 5) is 22.2. The monoisotopic (exact) mass is 230 g/mol. The van der Waals surface area contributed by atoms with Crippen LogP contribution in [0.25, 0.3) is 0 Å². The molecule has 0 unspecified atom stereocenters. The molecule has 0 aliphatic carbocycles. The lowest BCUT2D eigenvalue weighted by atomic mass is 10.4. The van der Waals surface area contributed by atoms with Gasteiger partial charge in [-0.3, -0.25) is 9.59 Å². The third kappa shape index (κ3) is 4.03. The molecular weight excluding hydrogens is 220 g/mol. The highest BCUT2D eigenvalue weighted by molar-refractivity contribution is 6.35. The summed E-state index contributed by atoms with van der Waals surface area (Å²) in [6, 6.07) is 3.41. The molecule has 0 saturated heterocycles. The third-order valence-corrected chi connectivity index (χ3v) is 1.78. The maximum absolute atomic E-state index is 11.1. The van der Waals surface area contributed by atoms with Gasteiger partial charge in [-0.15, -0.1) is 11.6 Å². The summed E-state index contributed by atoms with van der Waals surface area (Å²) in [6.45, 7) is 0.467. The number of furan rings is 1. The predicted octanol–water partition coefficient (Wildman–Crippen LogP) is 0.251. The van der Waals surface area contributed by atoms with Gasteiger partial charge >= 0.3 is 11.8 Å². The Morgan fingerprint density at radius 3 is 2.67 bits per heavy atom. The maximum atomic E-state index is 11.1. The smallest absolute Gasteiger partial charge is 0.309 e. The molecule has 0 radical (unpaired) electrons. The van der Waals surface area contributed by atoms with Crippen LogP contribution in [0.5, 0.6) is 0 Å². The van der Waals surface area contributed by atoms with Crippen molar-refractivity contribution in [2.24, 2.45) is 0 Å². The lowest BCUT2D eigenvalue weighted by Gasteiger charge is -2.03. The van der Waals surface area contributed by atoms with Crippen LogP contribution in [0.1, 0.15) is 5.76 Å². The fraction of sp³-hybridized carbons (Fsp3) is 0.333. The van der Waals surface area contributed by atoms with Crippen molar-refractivity contribution in [3.05, 3.63) is 24.2 Å². The largest absolute Gasteiger partial charge is 0.467 e. The number of carbonyl (C=O) groups is 2. The fourth-order valence-electron chi connectivity index (χ4n) is 0.902. The van der Waals surface area contributed by atoms with Gasteiger partial charge in [0.1, 0.15) is 5.76 Å². The van der Waals surface area contributed by atoms with E-state index in [1.165, 1.54) is 6.26 Å². The Hall–Kier alpha value is -1.49. The lowest BCUT2D eigenvalue weighted by Crippen LogP contribution is -2.40. The van der Waals surface area contributed by atoms with E-state index >= 15 is 0 Å². The summed E-state index contributed by atoms with van der Waals surface area (Å²) in [7, 11) is 0. The number of hydrogen-bond acceptors (Lipinski definition) is 3. The van der Waals surface area contributed by atoms with Crippen molar-refractivity contribution < 1.29 is 14.0 Å². The van der Waals surface area contributed by atoms with Gasteiger partial charge in [0.2, 0.25) is 0 Å². The first-order chi connectivity index (χ1) is 7.24. The molecule has 1 rings (SSSR count). The van der Waals surface area contributed by atoms with Crippen LogP contribution in [0.2, 0.25) is 0 Å². The molecule has 1 aromatic rings. The van der Waals surface area contributed by atoms with Crippen molar-refractivity contribution >= 4 is 23.4 Å². The van der Waals surface area contributed by atoms with Gasteiger partial charge in [0.15, 0.2) is 0 Å². The molecule has 2 amide bonds. The second-order valence-electron chi connectivity index (χ2n) is 2.71. The minimum Gasteiger partial charge on any atom is -0.467 e. The highest BCUT2D eigenvalue weighted by atomic mass is 35.5. The number of nitrogens with one attached hydrogen (secondary N) is 2. The first kappa shape index (κ1) is 11.6. The average Bonchev–Trinajstić information content (AvgIpc) is 2.75. The van der Waals surface area contributed by atoms with E-state index < -0.39 is 11.8 Å². The van der Waals surface area contributed by atoms with E-state index in [1.54, 1.807) is 12.1 Å². The van der Waals surface area contributed by atoms with E-state index in [-0.39, 0.29) is 19.0 Å². The molecule has 15 heavy (non-hydrogen) atoms. The summed E-state index contributed by atoms with van der Waals surface area (Å²) in [6.07, 6.45) is 1.50. The van der Waals surface area contributed by atoms with Crippen LogP contribution in [0.4, 0.5) is 0 Å². The normalized spacial score (nSPS) is 9.67. The summed E-state index contributed by atoms with van der Waals surface area (Å²) in [5.74, 6) is -0.524. The zero-order chi connectivity index (χ0) is 11.1. The van der Waals surface area contributed by atoms with E-state index in [0.29, 0.717) is 5.76 Å². The van der Waals surface area contributed by atoms with E-state index in [9.17, 15) is 9.59 Å². The van der Waals surface area contributed by atoms with Gasteiger partial charge in [0.25, 0.3) is 0 Å². The fourth-order valence-corrected chi connectivity index (χ4v) is 0.996. The molecule has 2 N–H and O–H groups in total. The SMILES string of the molecule is O=C(NCCCl)C(=O)NCc1ccco1. The minimum atomic E-state index is -0.698. The molecule has 0 bridgehead atoms. The van der Waals surface area contributed by atoms with Gasteiger partial charge in [-0.2, -0.15) is 0 Å².